The molecule has 3 nitrogen and oxygen atoms in total. The number of nitrogen functional groups attached to an aromatic ring is 1. The zero-order valence-corrected chi connectivity index (χ0v) is 9.80. The summed E-state index contributed by atoms with van der Waals surface area (Å²) in [5, 5.41) is 0. The number of rotatable bonds is 5. The summed E-state index contributed by atoms with van der Waals surface area (Å²) in [5.41, 5.74) is 6.28. The van der Waals surface area contributed by atoms with Crippen molar-refractivity contribution in [3.8, 4) is 11.5 Å². The van der Waals surface area contributed by atoms with Crippen molar-refractivity contribution in [2.45, 2.75) is 0 Å². The third-order valence-corrected chi connectivity index (χ3v) is 2.35. The number of benzene rings is 2. The van der Waals surface area contributed by atoms with Crippen LogP contribution in [0.3, 0.4) is 0 Å². The molecule has 18 heavy (non-hydrogen) atoms. The number of ether oxygens (including phenoxy) is 2. The highest BCUT2D eigenvalue weighted by Gasteiger charge is 2.02. The summed E-state index contributed by atoms with van der Waals surface area (Å²) < 4.78 is 23.9. The maximum Gasteiger partial charge on any atom is 0.165 e. The van der Waals surface area contributed by atoms with Gasteiger partial charge in [0.2, 0.25) is 0 Å². The molecule has 0 aromatic heterocycles. The van der Waals surface area contributed by atoms with Crippen molar-refractivity contribution >= 4 is 5.69 Å². The normalized spacial score (nSPS) is 10.1. The van der Waals surface area contributed by atoms with Crippen LogP contribution in [0.1, 0.15) is 0 Å². The third kappa shape index (κ3) is 3.13. The second kappa shape index (κ2) is 5.91. The highest BCUT2D eigenvalue weighted by molar-refractivity contribution is 5.51. The fourth-order valence-corrected chi connectivity index (χ4v) is 1.48. The Morgan fingerprint density at radius 1 is 0.833 bits per heavy atom. The van der Waals surface area contributed by atoms with Crippen molar-refractivity contribution in [1.29, 1.82) is 0 Å². The van der Waals surface area contributed by atoms with Crippen LogP contribution in [0.2, 0.25) is 0 Å². The van der Waals surface area contributed by atoms with Gasteiger partial charge < -0.3 is 15.2 Å². The van der Waals surface area contributed by atoms with Crippen LogP contribution < -0.4 is 15.2 Å². The lowest BCUT2D eigenvalue weighted by Crippen LogP contribution is -2.10. The van der Waals surface area contributed by atoms with Gasteiger partial charge in [-0.2, -0.15) is 0 Å². The Labute approximate surface area is 105 Å². The lowest BCUT2D eigenvalue weighted by Gasteiger charge is -2.10. The van der Waals surface area contributed by atoms with E-state index in [0.717, 1.165) is 0 Å². The minimum atomic E-state index is -0.378. The minimum absolute atomic E-state index is 0.224. The lowest BCUT2D eigenvalue weighted by atomic mass is 10.3. The first-order valence-electron chi connectivity index (χ1n) is 5.62. The third-order valence-electron chi connectivity index (χ3n) is 2.35. The van der Waals surface area contributed by atoms with Gasteiger partial charge in [-0.25, -0.2) is 4.39 Å². The molecule has 2 N–H and O–H groups in total. The second-order valence-corrected chi connectivity index (χ2v) is 3.67. The zero-order chi connectivity index (χ0) is 12.8. The summed E-state index contributed by atoms with van der Waals surface area (Å²) >= 11 is 0. The van der Waals surface area contributed by atoms with Gasteiger partial charge >= 0.3 is 0 Å². The molecular weight excluding hydrogens is 233 g/mol. The molecule has 2 aromatic carbocycles. The molecule has 0 saturated heterocycles. The number of anilines is 1. The smallest absolute Gasteiger partial charge is 0.165 e. The number of hydrogen-bond acceptors (Lipinski definition) is 3. The van der Waals surface area contributed by atoms with E-state index < -0.39 is 0 Å². The molecule has 0 radical (unpaired) electrons. The predicted molar refractivity (Wildman–Crippen MR) is 68.2 cm³/mol. The summed E-state index contributed by atoms with van der Waals surface area (Å²) in [6.07, 6.45) is 0. The second-order valence-electron chi connectivity index (χ2n) is 3.67. The molecule has 2 aromatic rings. The first-order valence-corrected chi connectivity index (χ1v) is 5.62. The van der Waals surface area contributed by atoms with Crippen molar-refractivity contribution in [1.82, 2.24) is 0 Å². The summed E-state index contributed by atoms with van der Waals surface area (Å²) in [6.45, 7) is 0.567. The summed E-state index contributed by atoms with van der Waals surface area (Å²) in [6, 6.07) is 13.5. The molecule has 0 aliphatic carbocycles. The van der Waals surface area contributed by atoms with Crippen molar-refractivity contribution in [3.63, 3.8) is 0 Å². The Morgan fingerprint density at radius 3 is 2.06 bits per heavy atom. The van der Waals surface area contributed by atoms with E-state index in [-0.39, 0.29) is 18.2 Å². The van der Waals surface area contributed by atoms with Crippen LogP contribution >= 0.6 is 0 Å². The standard InChI is InChI=1S/C14H14FNO2/c15-11-5-1-3-7-13(11)17-9-10-18-14-8-4-2-6-12(14)16/h1-8H,9-10,16H2. The average molecular weight is 247 g/mol. The van der Waals surface area contributed by atoms with Crippen LogP contribution in [0.15, 0.2) is 48.5 Å². The quantitative estimate of drug-likeness (QED) is 0.652. The zero-order valence-electron chi connectivity index (χ0n) is 9.80. The molecule has 0 amide bonds. The molecule has 0 spiro atoms. The van der Waals surface area contributed by atoms with E-state index >= 15 is 0 Å². The molecule has 4 heteroatoms. The first-order chi connectivity index (χ1) is 8.77. The molecule has 0 aliphatic heterocycles. The van der Waals surface area contributed by atoms with E-state index in [4.69, 9.17) is 15.2 Å². The minimum Gasteiger partial charge on any atom is -0.488 e. The van der Waals surface area contributed by atoms with Gasteiger partial charge in [0.1, 0.15) is 19.0 Å². The van der Waals surface area contributed by atoms with Gasteiger partial charge in [-0.3, -0.25) is 0 Å². The topological polar surface area (TPSA) is 44.5 Å². The fourth-order valence-electron chi connectivity index (χ4n) is 1.48. The van der Waals surface area contributed by atoms with Gasteiger partial charge in [-0.15, -0.1) is 0 Å². The number of halogens is 1. The monoisotopic (exact) mass is 247 g/mol. The Kier molecular flexibility index (Phi) is 4.02. The Bertz CT molecular complexity index is 469. The van der Waals surface area contributed by atoms with Crippen LogP contribution in [0.4, 0.5) is 10.1 Å². The summed E-state index contributed by atoms with van der Waals surface area (Å²) in [7, 11) is 0. The fraction of sp³-hybridized carbons (Fsp3) is 0.143. The van der Waals surface area contributed by atoms with E-state index in [1.54, 1.807) is 30.3 Å². The largest absolute Gasteiger partial charge is 0.488 e. The molecule has 94 valence electrons. The van der Waals surface area contributed by atoms with Crippen LogP contribution in [0.25, 0.3) is 0 Å². The van der Waals surface area contributed by atoms with Crippen molar-refractivity contribution in [2.75, 3.05) is 18.9 Å². The molecule has 0 unspecified atom stereocenters. The van der Waals surface area contributed by atoms with E-state index in [2.05, 4.69) is 0 Å². The van der Waals surface area contributed by atoms with Crippen LogP contribution in [0.5, 0.6) is 11.5 Å². The predicted octanol–water partition coefficient (Wildman–Crippen LogP) is 2.87. The van der Waals surface area contributed by atoms with Gasteiger partial charge in [-0.05, 0) is 24.3 Å². The van der Waals surface area contributed by atoms with Crippen LogP contribution in [-0.2, 0) is 0 Å². The number of nitrogens with two attached hydrogens (primary N) is 1. The molecule has 2 rings (SSSR count). The molecular formula is C14H14FNO2. The van der Waals surface area contributed by atoms with Gasteiger partial charge in [-0.1, -0.05) is 24.3 Å². The highest BCUT2D eigenvalue weighted by Crippen LogP contribution is 2.20. The Hall–Kier alpha value is -2.23. The van der Waals surface area contributed by atoms with E-state index in [1.165, 1.54) is 6.07 Å². The van der Waals surface area contributed by atoms with Crippen LogP contribution in [-0.4, -0.2) is 13.2 Å². The Morgan fingerprint density at radius 2 is 1.39 bits per heavy atom. The van der Waals surface area contributed by atoms with Gasteiger partial charge in [0.15, 0.2) is 11.6 Å². The molecule has 0 aliphatic rings. The molecule has 0 bridgehead atoms. The molecule has 0 fully saturated rings. The van der Waals surface area contributed by atoms with Gasteiger partial charge in [0, 0.05) is 0 Å². The average Bonchev–Trinajstić information content (AvgIpc) is 2.38. The first kappa shape index (κ1) is 12.2. The van der Waals surface area contributed by atoms with E-state index in [0.29, 0.717) is 18.0 Å². The van der Waals surface area contributed by atoms with E-state index in [1.807, 2.05) is 12.1 Å². The lowest BCUT2D eigenvalue weighted by molar-refractivity contribution is 0.212. The maximum atomic E-state index is 13.2. The van der Waals surface area contributed by atoms with Crippen LogP contribution in [0, 0.1) is 5.82 Å². The molecule has 0 heterocycles. The Balaban J connectivity index is 1.80. The number of hydrogen-bond donors (Lipinski definition) is 1. The van der Waals surface area contributed by atoms with Gasteiger partial charge in [0.25, 0.3) is 0 Å². The highest BCUT2D eigenvalue weighted by atomic mass is 19.1. The number of para-hydroxylation sites is 3. The van der Waals surface area contributed by atoms with Gasteiger partial charge in [0.05, 0.1) is 5.69 Å². The summed E-state index contributed by atoms with van der Waals surface area (Å²) in [4.78, 5) is 0. The van der Waals surface area contributed by atoms with Crippen molar-refractivity contribution in [3.05, 3.63) is 54.3 Å². The maximum absolute atomic E-state index is 13.2. The van der Waals surface area contributed by atoms with E-state index in [9.17, 15) is 4.39 Å². The SMILES string of the molecule is Nc1ccccc1OCCOc1ccccc1F. The molecule has 0 atom stereocenters. The molecule has 0 saturated carbocycles. The summed E-state index contributed by atoms with van der Waals surface area (Å²) in [5.74, 6) is 0.452. The van der Waals surface area contributed by atoms with Crippen molar-refractivity contribution < 1.29 is 13.9 Å². The van der Waals surface area contributed by atoms with Crippen molar-refractivity contribution in [2.24, 2.45) is 0 Å².